The van der Waals surface area contributed by atoms with E-state index in [4.69, 9.17) is 22.1 Å². The largest absolute Gasteiger partial charge is 0.489 e. The van der Waals surface area contributed by atoms with Gasteiger partial charge >= 0.3 is 0 Å². The van der Waals surface area contributed by atoms with Crippen LogP contribution in [0.5, 0.6) is 5.75 Å². The van der Waals surface area contributed by atoms with Crippen LogP contribution in [0.3, 0.4) is 0 Å². The number of sulfonamides is 1. The average Bonchev–Trinajstić information content (AvgIpc) is 2.46. The van der Waals surface area contributed by atoms with E-state index in [1.165, 1.54) is 16.4 Å². The molecule has 1 heterocycles. The first kappa shape index (κ1) is 14.0. The highest BCUT2D eigenvalue weighted by molar-refractivity contribution is 7.92. The van der Waals surface area contributed by atoms with Crippen molar-refractivity contribution in [2.45, 2.75) is 4.90 Å². The summed E-state index contributed by atoms with van der Waals surface area (Å²) in [5.41, 5.74) is 6.56. The predicted molar refractivity (Wildman–Crippen MR) is 82.3 cm³/mol. The lowest BCUT2D eigenvalue weighted by molar-refractivity contribution is 0.316. The number of nitrogens with two attached hydrogens (primary N) is 1. The number of anilines is 2. The van der Waals surface area contributed by atoms with Crippen LogP contribution < -0.4 is 14.8 Å². The van der Waals surface area contributed by atoms with Gasteiger partial charge in [0.25, 0.3) is 10.0 Å². The van der Waals surface area contributed by atoms with Crippen molar-refractivity contribution in [3.8, 4) is 5.75 Å². The lowest BCUT2D eigenvalue weighted by atomic mass is 10.2. The predicted octanol–water partition coefficient (Wildman–Crippen LogP) is 2.51. The number of halogens is 1. The summed E-state index contributed by atoms with van der Waals surface area (Å²) in [6.45, 7) is 0.515. The first-order valence-electron chi connectivity index (χ1n) is 6.29. The molecule has 2 N–H and O–H groups in total. The Hall–Kier alpha value is -1.92. The highest BCUT2D eigenvalue weighted by atomic mass is 35.5. The summed E-state index contributed by atoms with van der Waals surface area (Å²) in [4.78, 5) is 0.158. The maximum atomic E-state index is 12.8. The molecule has 0 radical (unpaired) electrons. The third kappa shape index (κ3) is 2.52. The molecule has 7 heteroatoms. The first-order chi connectivity index (χ1) is 9.98. The Morgan fingerprint density at radius 2 is 2.00 bits per heavy atom. The standard InChI is InChI=1S/C14H13ClN2O3S/c15-10-4-5-13-14(8-10)20-7-6-17(13)21(18,19)12-3-1-2-11(16)9-12/h1-5,8-9H,6-7,16H2. The minimum Gasteiger partial charge on any atom is -0.489 e. The lowest BCUT2D eigenvalue weighted by Crippen LogP contribution is -2.37. The number of rotatable bonds is 2. The van der Waals surface area contributed by atoms with E-state index in [0.29, 0.717) is 22.1 Å². The topological polar surface area (TPSA) is 72.6 Å². The van der Waals surface area contributed by atoms with Gasteiger partial charge in [0.15, 0.2) is 0 Å². The molecule has 0 atom stereocenters. The monoisotopic (exact) mass is 324 g/mol. The summed E-state index contributed by atoms with van der Waals surface area (Å²) in [5, 5.41) is 0.497. The van der Waals surface area contributed by atoms with Crippen LogP contribution in [0.1, 0.15) is 0 Å². The van der Waals surface area contributed by atoms with Gasteiger partial charge in [0.2, 0.25) is 0 Å². The van der Waals surface area contributed by atoms with E-state index in [-0.39, 0.29) is 18.0 Å². The second-order valence-corrected chi connectivity index (χ2v) is 6.91. The van der Waals surface area contributed by atoms with Gasteiger partial charge < -0.3 is 10.5 Å². The maximum Gasteiger partial charge on any atom is 0.264 e. The minimum absolute atomic E-state index is 0.158. The van der Waals surface area contributed by atoms with Crippen molar-refractivity contribution in [1.29, 1.82) is 0 Å². The molecule has 0 saturated heterocycles. The normalized spacial score (nSPS) is 14.4. The Labute approximate surface area is 127 Å². The Balaban J connectivity index is 2.09. The van der Waals surface area contributed by atoms with Crippen LogP contribution in [0.4, 0.5) is 11.4 Å². The van der Waals surface area contributed by atoms with E-state index in [9.17, 15) is 8.42 Å². The molecule has 0 bridgehead atoms. The van der Waals surface area contributed by atoms with Gasteiger partial charge in [-0.05, 0) is 30.3 Å². The molecule has 2 aromatic rings. The summed E-state index contributed by atoms with van der Waals surface area (Å²) < 4.78 is 32.3. The number of fused-ring (bicyclic) bond motifs is 1. The van der Waals surface area contributed by atoms with Gasteiger partial charge in [-0.3, -0.25) is 4.31 Å². The highest BCUT2D eigenvalue weighted by Gasteiger charge is 2.30. The number of hydrogen-bond donors (Lipinski definition) is 1. The molecule has 3 rings (SSSR count). The number of hydrogen-bond acceptors (Lipinski definition) is 4. The van der Waals surface area contributed by atoms with Gasteiger partial charge in [0, 0.05) is 16.8 Å². The van der Waals surface area contributed by atoms with Crippen molar-refractivity contribution >= 4 is 33.0 Å². The van der Waals surface area contributed by atoms with Gasteiger partial charge in [-0.2, -0.15) is 0 Å². The van der Waals surface area contributed by atoms with Crippen LogP contribution in [0, 0.1) is 0 Å². The molecule has 2 aromatic carbocycles. The zero-order valence-corrected chi connectivity index (χ0v) is 12.6. The van der Waals surface area contributed by atoms with E-state index in [0.717, 1.165) is 0 Å². The smallest absolute Gasteiger partial charge is 0.264 e. The molecule has 5 nitrogen and oxygen atoms in total. The van der Waals surface area contributed by atoms with E-state index >= 15 is 0 Å². The molecule has 0 unspecified atom stereocenters. The molecule has 0 fully saturated rings. The Morgan fingerprint density at radius 1 is 1.19 bits per heavy atom. The van der Waals surface area contributed by atoms with Crippen molar-refractivity contribution in [2.75, 3.05) is 23.2 Å². The van der Waals surface area contributed by atoms with Gasteiger partial charge in [-0.1, -0.05) is 17.7 Å². The van der Waals surface area contributed by atoms with E-state index in [2.05, 4.69) is 0 Å². The summed E-state index contributed by atoms with van der Waals surface area (Å²) >= 11 is 5.91. The molecule has 21 heavy (non-hydrogen) atoms. The lowest BCUT2D eigenvalue weighted by Gasteiger charge is -2.30. The van der Waals surface area contributed by atoms with Crippen molar-refractivity contribution in [1.82, 2.24) is 0 Å². The summed E-state index contributed by atoms with van der Waals surface area (Å²) in [6.07, 6.45) is 0. The molecule has 1 aliphatic heterocycles. The molecular formula is C14H13ClN2O3S. The SMILES string of the molecule is Nc1cccc(S(=O)(=O)N2CCOc3cc(Cl)ccc32)c1. The van der Waals surface area contributed by atoms with Crippen LogP contribution in [0.2, 0.25) is 5.02 Å². The van der Waals surface area contributed by atoms with Crippen LogP contribution in [-0.4, -0.2) is 21.6 Å². The maximum absolute atomic E-state index is 12.8. The quantitative estimate of drug-likeness (QED) is 0.861. The average molecular weight is 325 g/mol. The summed E-state index contributed by atoms with van der Waals surface area (Å²) in [5.74, 6) is 0.459. The number of nitrogen functional groups attached to an aromatic ring is 1. The molecule has 1 aliphatic rings. The molecule has 0 spiro atoms. The summed E-state index contributed by atoms with van der Waals surface area (Å²) in [6, 6.07) is 11.1. The molecule has 110 valence electrons. The fourth-order valence-electron chi connectivity index (χ4n) is 2.22. The molecule has 0 aromatic heterocycles. The molecule has 0 aliphatic carbocycles. The fraction of sp³-hybridized carbons (Fsp3) is 0.143. The van der Waals surface area contributed by atoms with Crippen LogP contribution in [-0.2, 0) is 10.0 Å². The molecule has 0 saturated carbocycles. The zero-order chi connectivity index (χ0) is 15.0. The fourth-order valence-corrected chi connectivity index (χ4v) is 3.90. The van der Waals surface area contributed by atoms with Crippen molar-refractivity contribution in [3.05, 3.63) is 47.5 Å². The van der Waals surface area contributed by atoms with Crippen molar-refractivity contribution < 1.29 is 13.2 Å². The molecular weight excluding hydrogens is 312 g/mol. The van der Waals surface area contributed by atoms with E-state index in [1.54, 1.807) is 30.3 Å². The van der Waals surface area contributed by atoms with E-state index < -0.39 is 10.0 Å². The van der Waals surface area contributed by atoms with Gasteiger partial charge in [0.05, 0.1) is 17.1 Å². The number of benzene rings is 2. The summed E-state index contributed by atoms with van der Waals surface area (Å²) in [7, 11) is -3.68. The second kappa shape index (κ2) is 5.13. The van der Waals surface area contributed by atoms with Gasteiger partial charge in [0.1, 0.15) is 12.4 Å². The number of ether oxygens (including phenoxy) is 1. The Bertz CT molecular complexity index is 793. The zero-order valence-electron chi connectivity index (χ0n) is 11.0. The minimum atomic E-state index is -3.68. The number of nitrogens with zero attached hydrogens (tertiary/aromatic N) is 1. The third-order valence-electron chi connectivity index (χ3n) is 3.19. The van der Waals surface area contributed by atoms with Crippen molar-refractivity contribution in [2.24, 2.45) is 0 Å². The highest BCUT2D eigenvalue weighted by Crippen LogP contribution is 2.37. The Kier molecular flexibility index (Phi) is 3.43. The van der Waals surface area contributed by atoms with Crippen molar-refractivity contribution in [3.63, 3.8) is 0 Å². The van der Waals surface area contributed by atoms with Gasteiger partial charge in [-0.15, -0.1) is 0 Å². The van der Waals surface area contributed by atoms with Crippen LogP contribution in [0.15, 0.2) is 47.4 Å². The van der Waals surface area contributed by atoms with Gasteiger partial charge in [-0.25, -0.2) is 8.42 Å². The van der Waals surface area contributed by atoms with Crippen LogP contribution >= 0.6 is 11.6 Å². The molecule has 0 amide bonds. The first-order valence-corrected chi connectivity index (χ1v) is 8.11. The van der Waals surface area contributed by atoms with Crippen LogP contribution in [0.25, 0.3) is 0 Å². The Morgan fingerprint density at radius 3 is 2.76 bits per heavy atom. The van der Waals surface area contributed by atoms with E-state index in [1.807, 2.05) is 0 Å². The third-order valence-corrected chi connectivity index (χ3v) is 5.23. The second-order valence-electron chi connectivity index (χ2n) is 4.61.